The van der Waals surface area contributed by atoms with Gasteiger partial charge in [-0.05, 0) is 0 Å². The van der Waals surface area contributed by atoms with Crippen molar-refractivity contribution in [3.63, 3.8) is 0 Å². The maximum absolute atomic E-state index is 5.37. The molecule has 0 aromatic heterocycles. The monoisotopic (exact) mass is 306 g/mol. The average molecular weight is 305 g/mol. The number of terminal acetylenes is 1. The van der Waals surface area contributed by atoms with E-state index >= 15 is 0 Å². The molecule has 1 aromatic rings. The van der Waals surface area contributed by atoms with Crippen molar-refractivity contribution in [2.45, 2.75) is 37.9 Å². The van der Waals surface area contributed by atoms with Crippen molar-refractivity contribution in [1.82, 2.24) is 0 Å². The molecule has 18 heavy (non-hydrogen) atoms. The van der Waals surface area contributed by atoms with Crippen LogP contribution in [0.1, 0.15) is 32.6 Å². The van der Waals surface area contributed by atoms with E-state index in [2.05, 4.69) is 49.8 Å². The summed E-state index contributed by atoms with van der Waals surface area (Å²) in [5.74, 6) is 3.16. The quantitative estimate of drug-likeness (QED) is 0.296. The van der Waals surface area contributed by atoms with Gasteiger partial charge in [-0.15, -0.1) is 0 Å². The van der Waals surface area contributed by atoms with Crippen LogP contribution in [-0.4, -0.2) is 15.0 Å². The van der Waals surface area contributed by atoms with Crippen LogP contribution in [-0.2, 0) is 0 Å². The van der Waals surface area contributed by atoms with Crippen LogP contribution in [0.5, 0.6) is 0 Å². The molecule has 1 heteroatoms. The van der Waals surface area contributed by atoms with E-state index in [9.17, 15) is 0 Å². The molecular formula is C17H22Se. The second-order valence-corrected chi connectivity index (χ2v) is 7.07. The normalized spacial score (nSPS) is 11.8. The van der Waals surface area contributed by atoms with Crippen LogP contribution in [0.15, 0.2) is 42.5 Å². The summed E-state index contributed by atoms with van der Waals surface area (Å²) < 4.78 is 1.50. The van der Waals surface area contributed by atoms with Crippen LogP contribution in [0.2, 0.25) is 5.32 Å². The molecule has 96 valence electrons. The third-order valence-electron chi connectivity index (χ3n) is 2.90. The van der Waals surface area contributed by atoms with E-state index in [1.165, 1.54) is 21.8 Å². The molecular weight excluding hydrogens is 283 g/mol. The van der Waals surface area contributed by atoms with Gasteiger partial charge in [-0.1, -0.05) is 0 Å². The number of allylic oxidation sites excluding steroid dienone is 1. The molecule has 0 spiro atoms. The minimum absolute atomic E-state index is 0.385. The van der Waals surface area contributed by atoms with E-state index < -0.39 is 0 Å². The van der Waals surface area contributed by atoms with Crippen molar-refractivity contribution in [2.24, 2.45) is 5.92 Å². The van der Waals surface area contributed by atoms with Gasteiger partial charge in [0.15, 0.2) is 0 Å². The van der Waals surface area contributed by atoms with Gasteiger partial charge in [0.05, 0.1) is 0 Å². The predicted octanol–water partition coefficient (Wildman–Crippen LogP) is 3.82. The molecule has 1 aromatic carbocycles. The van der Waals surface area contributed by atoms with Gasteiger partial charge < -0.3 is 0 Å². The third-order valence-corrected chi connectivity index (χ3v) is 5.21. The van der Waals surface area contributed by atoms with Crippen molar-refractivity contribution < 1.29 is 0 Å². The molecule has 0 fully saturated rings. The molecule has 0 saturated heterocycles. The summed E-state index contributed by atoms with van der Waals surface area (Å²) in [5, 5.41) is 1.31. The standard InChI is InChI=1S/C17H22Se/c1-4-15(2)12-13-16(3)9-8-14-18-17-10-6-5-7-11-17/h1,5-7,10-11,15H,3,8-9,12-14H2,2H3. The van der Waals surface area contributed by atoms with Crippen LogP contribution >= 0.6 is 0 Å². The SMILES string of the molecule is C#CC(C)CCC(=C)CCC[Se]c1ccccc1. The van der Waals surface area contributed by atoms with Gasteiger partial charge in [0.2, 0.25) is 0 Å². The fraction of sp³-hybridized carbons (Fsp3) is 0.412. The molecule has 0 amide bonds. The zero-order chi connectivity index (χ0) is 13.2. The van der Waals surface area contributed by atoms with Crippen molar-refractivity contribution in [3.8, 4) is 12.3 Å². The molecule has 1 rings (SSSR count). The summed E-state index contributed by atoms with van der Waals surface area (Å²) in [5.41, 5.74) is 1.36. The molecule has 0 radical (unpaired) electrons. The zero-order valence-electron chi connectivity index (χ0n) is 11.2. The van der Waals surface area contributed by atoms with Gasteiger partial charge in [0.25, 0.3) is 0 Å². The Balaban J connectivity index is 2.08. The van der Waals surface area contributed by atoms with Crippen LogP contribution in [0, 0.1) is 18.3 Å². The fourth-order valence-corrected chi connectivity index (χ4v) is 3.49. The summed E-state index contributed by atoms with van der Waals surface area (Å²) in [4.78, 5) is 0. The topological polar surface area (TPSA) is 0 Å². The van der Waals surface area contributed by atoms with E-state index in [1.807, 2.05) is 0 Å². The van der Waals surface area contributed by atoms with Crippen molar-refractivity contribution in [2.75, 3.05) is 0 Å². The molecule has 1 atom stereocenters. The van der Waals surface area contributed by atoms with E-state index in [0.717, 1.165) is 19.3 Å². The molecule has 0 bridgehead atoms. The van der Waals surface area contributed by atoms with Crippen LogP contribution in [0.25, 0.3) is 0 Å². The Morgan fingerprint density at radius 3 is 2.72 bits per heavy atom. The van der Waals surface area contributed by atoms with Crippen LogP contribution in [0.4, 0.5) is 0 Å². The molecule has 1 unspecified atom stereocenters. The number of rotatable bonds is 8. The summed E-state index contributed by atoms with van der Waals surface area (Å²) in [6, 6.07) is 10.8. The predicted molar refractivity (Wildman–Crippen MR) is 82.2 cm³/mol. The molecule has 0 heterocycles. The van der Waals surface area contributed by atoms with Crippen molar-refractivity contribution in [3.05, 3.63) is 42.5 Å². The molecule has 0 saturated carbocycles. The van der Waals surface area contributed by atoms with Gasteiger partial charge in [0, 0.05) is 0 Å². The Bertz CT molecular complexity index is 386. The van der Waals surface area contributed by atoms with E-state index in [-0.39, 0.29) is 0 Å². The van der Waals surface area contributed by atoms with Crippen molar-refractivity contribution >= 4 is 19.4 Å². The minimum atomic E-state index is 0.385. The Morgan fingerprint density at radius 1 is 1.33 bits per heavy atom. The molecule has 0 aliphatic carbocycles. The summed E-state index contributed by atoms with van der Waals surface area (Å²) >= 11 is 0.619. The van der Waals surface area contributed by atoms with Gasteiger partial charge in [0.1, 0.15) is 0 Å². The summed E-state index contributed by atoms with van der Waals surface area (Å²) in [7, 11) is 0. The second kappa shape index (κ2) is 9.03. The molecule has 0 aliphatic heterocycles. The van der Waals surface area contributed by atoms with Crippen LogP contribution < -0.4 is 4.46 Å². The van der Waals surface area contributed by atoms with E-state index in [0.29, 0.717) is 20.9 Å². The molecule has 0 N–H and O–H groups in total. The Hall–Kier alpha value is -0.961. The first-order chi connectivity index (χ1) is 8.72. The number of benzene rings is 1. The number of hydrogen-bond donors (Lipinski definition) is 0. The van der Waals surface area contributed by atoms with Gasteiger partial charge in [-0.2, -0.15) is 0 Å². The maximum atomic E-state index is 5.37. The van der Waals surface area contributed by atoms with Gasteiger partial charge >= 0.3 is 118 Å². The van der Waals surface area contributed by atoms with Gasteiger partial charge in [-0.3, -0.25) is 0 Å². The summed E-state index contributed by atoms with van der Waals surface area (Å²) in [6.45, 7) is 6.25. The second-order valence-electron chi connectivity index (χ2n) is 4.62. The first kappa shape index (κ1) is 15.1. The average Bonchev–Trinajstić information content (AvgIpc) is 2.42. The summed E-state index contributed by atoms with van der Waals surface area (Å²) in [6.07, 6.45) is 9.96. The Kier molecular flexibility index (Phi) is 7.58. The van der Waals surface area contributed by atoms with Gasteiger partial charge in [-0.25, -0.2) is 0 Å². The third kappa shape index (κ3) is 6.70. The molecule has 0 aliphatic rings. The van der Waals surface area contributed by atoms with Crippen LogP contribution in [0.3, 0.4) is 0 Å². The molecule has 0 nitrogen and oxygen atoms in total. The fourth-order valence-electron chi connectivity index (χ4n) is 1.66. The first-order valence-electron chi connectivity index (χ1n) is 6.53. The zero-order valence-corrected chi connectivity index (χ0v) is 12.9. The Labute approximate surface area is 118 Å². The van der Waals surface area contributed by atoms with E-state index in [1.54, 1.807) is 0 Å². The Morgan fingerprint density at radius 2 is 2.06 bits per heavy atom. The number of hydrogen-bond acceptors (Lipinski definition) is 0. The first-order valence-corrected chi connectivity index (χ1v) is 8.59. The van der Waals surface area contributed by atoms with Crippen molar-refractivity contribution in [1.29, 1.82) is 0 Å². The van der Waals surface area contributed by atoms with E-state index in [4.69, 9.17) is 6.42 Å².